The summed E-state index contributed by atoms with van der Waals surface area (Å²) < 4.78 is 43.0. The van der Waals surface area contributed by atoms with Crippen LogP contribution in [0.5, 0.6) is 0 Å². The maximum absolute atomic E-state index is 12.8. The third kappa shape index (κ3) is 4.04. The molecular weight excluding hydrogens is 237 g/mol. The van der Waals surface area contributed by atoms with E-state index in [2.05, 4.69) is 5.32 Å². The first-order chi connectivity index (χ1) is 8.04. The Morgan fingerprint density at radius 2 is 1.88 bits per heavy atom. The number of halogens is 3. The predicted molar refractivity (Wildman–Crippen MR) is 54.8 cm³/mol. The topological polar surface area (TPSA) is 64.3 Å². The zero-order valence-electron chi connectivity index (χ0n) is 8.80. The minimum absolute atomic E-state index is 0.178. The highest BCUT2D eigenvalue weighted by Gasteiger charge is 2.11. The van der Waals surface area contributed by atoms with Gasteiger partial charge >= 0.3 is 0 Å². The number of carbonyl (C=O) groups is 1. The van der Waals surface area contributed by atoms with Crippen LogP contribution in [0, 0.1) is 17.5 Å². The summed E-state index contributed by atoms with van der Waals surface area (Å²) in [7, 11) is 0. The van der Waals surface area contributed by atoms with Crippen molar-refractivity contribution in [3.05, 3.63) is 29.6 Å². The summed E-state index contributed by atoms with van der Waals surface area (Å²) in [5.41, 5.74) is 4.95. The van der Waals surface area contributed by atoms with Crippen molar-refractivity contribution >= 4 is 11.6 Å². The molecule has 0 atom stereocenters. The third-order valence-electron chi connectivity index (χ3n) is 1.76. The van der Waals surface area contributed by atoms with Crippen molar-refractivity contribution in [2.24, 2.45) is 5.73 Å². The summed E-state index contributed by atoms with van der Waals surface area (Å²) >= 11 is 0. The van der Waals surface area contributed by atoms with E-state index in [1.165, 1.54) is 0 Å². The summed E-state index contributed by atoms with van der Waals surface area (Å²) in [5.74, 6) is -4.93. The number of hydrogen-bond donors (Lipinski definition) is 2. The lowest BCUT2D eigenvalue weighted by Gasteiger charge is -2.06. The van der Waals surface area contributed by atoms with Gasteiger partial charge in [-0.1, -0.05) is 0 Å². The zero-order valence-corrected chi connectivity index (χ0v) is 8.80. The summed E-state index contributed by atoms with van der Waals surface area (Å²) in [4.78, 5) is 11.2. The lowest BCUT2D eigenvalue weighted by atomic mass is 10.3. The Bertz CT molecular complexity index is 390. The molecule has 1 amide bonds. The molecular formula is C10H11F3N2O2. The zero-order chi connectivity index (χ0) is 12.8. The predicted octanol–water partition coefficient (Wildman–Crippen LogP) is 1.02. The van der Waals surface area contributed by atoms with Crippen LogP contribution >= 0.6 is 0 Å². The van der Waals surface area contributed by atoms with Gasteiger partial charge in [-0.3, -0.25) is 4.79 Å². The Labute approximate surface area is 95.6 Å². The van der Waals surface area contributed by atoms with Crippen molar-refractivity contribution in [1.29, 1.82) is 0 Å². The van der Waals surface area contributed by atoms with E-state index >= 15 is 0 Å². The molecule has 3 N–H and O–H groups in total. The Balaban J connectivity index is 2.60. The molecule has 0 unspecified atom stereocenters. The molecule has 0 heterocycles. The number of carbonyl (C=O) groups excluding carboxylic acids is 1. The van der Waals surface area contributed by atoms with E-state index in [1.54, 1.807) is 0 Å². The second kappa shape index (κ2) is 6.21. The molecule has 0 spiro atoms. The second-order valence-corrected chi connectivity index (χ2v) is 3.14. The van der Waals surface area contributed by atoms with E-state index < -0.39 is 23.4 Å². The molecule has 4 nitrogen and oxygen atoms in total. The maximum atomic E-state index is 12.8. The minimum Gasteiger partial charge on any atom is -0.370 e. The highest BCUT2D eigenvalue weighted by atomic mass is 19.2. The monoisotopic (exact) mass is 248 g/mol. The Kier molecular flexibility index (Phi) is 4.92. The second-order valence-electron chi connectivity index (χ2n) is 3.14. The van der Waals surface area contributed by atoms with Crippen LogP contribution in [-0.2, 0) is 9.53 Å². The molecule has 0 bridgehead atoms. The number of hydrogen-bond acceptors (Lipinski definition) is 3. The number of amides is 1. The standard InChI is InChI=1S/C10H11F3N2O2/c11-7-3-6(4-8(12)10(7)13)15-9(16)5-17-2-1-14/h3-4H,1-2,5,14H2,(H,15,16). The Morgan fingerprint density at radius 1 is 1.29 bits per heavy atom. The van der Waals surface area contributed by atoms with Gasteiger partial charge < -0.3 is 15.8 Å². The van der Waals surface area contributed by atoms with Crippen LogP contribution in [0.25, 0.3) is 0 Å². The average Bonchev–Trinajstić information content (AvgIpc) is 2.26. The lowest BCUT2D eigenvalue weighted by Crippen LogP contribution is -2.21. The first-order valence-electron chi connectivity index (χ1n) is 4.76. The Morgan fingerprint density at radius 3 is 2.41 bits per heavy atom. The van der Waals surface area contributed by atoms with Gasteiger partial charge in [-0.25, -0.2) is 13.2 Å². The molecule has 0 aromatic heterocycles. The van der Waals surface area contributed by atoms with E-state index in [1.807, 2.05) is 0 Å². The van der Waals surface area contributed by atoms with Gasteiger partial charge in [0.1, 0.15) is 6.61 Å². The molecule has 1 aromatic rings. The van der Waals surface area contributed by atoms with Crippen LogP contribution in [0.3, 0.4) is 0 Å². The smallest absolute Gasteiger partial charge is 0.250 e. The molecule has 0 aliphatic rings. The average molecular weight is 248 g/mol. The summed E-state index contributed by atoms with van der Waals surface area (Å²) in [6.07, 6.45) is 0. The summed E-state index contributed by atoms with van der Waals surface area (Å²) in [5, 5.41) is 2.16. The summed E-state index contributed by atoms with van der Waals surface area (Å²) in [6, 6.07) is 1.36. The number of anilines is 1. The van der Waals surface area contributed by atoms with Crippen molar-refractivity contribution in [3.63, 3.8) is 0 Å². The first kappa shape index (κ1) is 13.5. The van der Waals surface area contributed by atoms with Gasteiger partial charge in [-0.05, 0) is 0 Å². The largest absolute Gasteiger partial charge is 0.370 e. The van der Waals surface area contributed by atoms with Crippen molar-refractivity contribution in [2.45, 2.75) is 0 Å². The van der Waals surface area contributed by atoms with Gasteiger partial charge in [-0.15, -0.1) is 0 Å². The summed E-state index contributed by atoms with van der Waals surface area (Å²) in [6.45, 7) is 0.157. The van der Waals surface area contributed by atoms with Crippen LogP contribution in [0.15, 0.2) is 12.1 Å². The van der Waals surface area contributed by atoms with E-state index in [0.29, 0.717) is 12.1 Å². The quantitative estimate of drug-likeness (QED) is 0.604. The Hall–Kier alpha value is -1.60. The van der Waals surface area contributed by atoms with Crippen LogP contribution in [-0.4, -0.2) is 25.7 Å². The van der Waals surface area contributed by atoms with Crippen LogP contribution in [0.2, 0.25) is 0 Å². The number of rotatable bonds is 5. The highest BCUT2D eigenvalue weighted by molar-refractivity contribution is 5.91. The number of nitrogens with two attached hydrogens (primary N) is 1. The van der Waals surface area contributed by atoms with Crippen molar-refractivity contribution < 1.29 is 22.7 Å². The molecule has 0 saturated heterocycles. The minimum atomic E-state index is -1.58. The molecule has 94 valence electrons. The molecule has 0 fully saturated rings. The highest BCUT2D eigenvalue weighted by Crippen LogP contribution is 2.17. The third-order valence-corrected chi connectivity index (χ3v) is 1.76. The fourth-order valence-electron chi connectivity index (χ4n) is 1.07. The van der Waals surface area contributed by atoms with Gasteiger partial charge in [0, 0.05) is 24.4 Å². The fraction of sp³-hybridized carbons (Fsp3) is 0.300. The molecule has 1 rings (SSSR count). The number of ether oxygens (including phenoxy) is 1. The molecule has 7 heteroatoms. The number of benzene rings is 1. The van der Waals surface area contributed by atoms with E-state index in [4.69, 9.17) is 10.5 Å². The van der Waals surface area contributed by atoms with Crippen LogP contribution < -0.4 is 11.1 Å². The van der Waals surface area contributed by atoms with Crippen molar-refractivity contribution in [3.8, 4) is 0 Å². The molecule has 0 aliphatic carbocycles. The van der Waals surface area contributed by atoms with Crippen molar-refractivity contribution in [2.75, 3.05) is 25.1 Å². The van der Waals surface area contributed by atoms with Crippen molar-refractivity contribution in [1.82, 2.24) is 0 Å². The normalized spacial score (nSPS) is 10.4. The van der Waals surface area contributed by atoms with E-state index in [9.17, 15) is 18.0 Å². The van der Waals surface area contributed by atoms with E-state index in [-0.39, 0.29) is 25.4 Å². The van der Waals surface area contributed by atoms with Crippen LogP contribution in [0.1, 0.15) is 0 Å². The lowest BCUT2D eigenvalue weighted by molar-refractivity contribution is -0.120. The van der Waals surface area contributed by atoms with E-state index in [0.717, 1.165) is 0 Å². The van der Waals surface area contributed by atoms with Gasteiger partial charge in [0.05, 0.1) is 6.61 Å². The van der Waals surface area contributed by atoms with Gasteiger partial charge in [0.15, 0.2) is 17.5 Å². The molecule has 17 heavy (non-hydrogen) atoms. The fourth-order valence-corrected chi connectivity index (χ4v) is 1.07. The molecule has 1 aromatic carbocycles. The first-order valence-corrected chi connectivity index (χ1v) is 4.76. The molecule has 0 aliphatic heterocycles. The van der Waals surface area contributed by atoms with Gasteiger partial charge in [0.2, 0.25) is 5.91 Å². The number of nitrogens with one attached hydrogen (secondary N) is 1. The molecule has 0 radical (unpaired) electrons. The van der Waals surface area contributed by atoms with Gasteiger partial charge in [-0.2, -0.15) is 0 Å². The van der Waals surface area contributed by atoms with Crippen LogP contribution in [0.4, 0.5) is 18.9 Å². The maximum Gasteiger partial charge on any atom is 0.250 e. The SMILES string of the molecule is NCCOCC(=O)Nc1cc(F)c(F)c(F)c1. The van der Waals surface area contributed by atoms with Gasteiger partial charge in [0.25, 0.3) is 0 Å². The molecule has 0 saturated carbocycles.